The third-order valence-electron chi connectivity index (χ3n) is 0.833. The number of carbonyl (C=O) groups is 10. The van der Waals surface area contributed by atoms with Gasteiger partial charge < -0.3 is 99.0 Å². The molecule has 0 saturated carbocycles. The molecule has 2 radical (unpaired) electrons. The zero-order valence-electron chi connectivity index (χ0n) is 14.6. The molecule has 20 nitrogen and oxygen atoms in total. The molecule has 0 fully saturated rings. The second kappa shape index (κ2) is 34.4. The van der Waals surface area contributed by atoms with Crippen molar-refractivity contribution >= 4 is 59.7 Å². The van der Waals surface area contributed by atoms with Gasteiger partial charge in [0.15, 0.2) is 0 Å². The summed E-state index contributed by atoms with van der Waals surface area (Å²) in [6, 6.07) is 0. The van der Waals surface area contributed by atoms with Crippen molar-refractivity contribution in [2.24, 2.45) is 0 Å². The van der Waals surface area contributed by atoms with E-state index >= 15 is 0 Å². The summed E-state index contributed by atoms with van der Waals surface area (Å²) in [5.74, 6) is -21.9. The van der Waals surface area contributed by atoms with E-state index in [1.807, 2.05) is 0 Å². The van der Waals surface area contributed by atoms with E-state index in [2.05, 4.69) is 0 Å². The molecule has 192 valence electrons. The molecule has 0 rings (SSSR count). The summed E-state index contributed by atoms with van der Waals surface area (Å²) in [6.45, 7) is 0. The molecular weight excluding hydrogens is 663 g/mol. The van der Waals surface area contributed by atoms with Crippen LogP contribution >= 0.6 is 0 Å². The Kier molecular flexibility index (Phi) is 58.2. The Balaban J connectivity index is -0.0000000319. The Hall–Kier alpha value is -3.22. The van der Waals surface area contributed by atoms with Crippen LogP contribution in [0.1, 0.15) is 0 Å². The Morgan fingerprint density at radius 3 is 0.265 bits per heavy atom. The van der Waals surface area contributed by atoms with Crippen LogP contribution in [0.2, 0.25) is 0 Å². The first-order valence-corrected chi connectivity index (χ1v) is 5.33. The van der Waals surface area contributed by atoms with E-state index < -0.39 is 59.7 Å². The third-order valence-corrected chi connectivity index (χ3v) is 0.833. The second-order valence-corrected chi connectivity index (χ2v) is 2.87. The van der Waals surface area contributed by atoms with Crippen LogP contribution in [0.3, 0.4) is 0 Å². The molecule has 0 aliphatic carbocycles. The number of hydrogen-bond donors (Lipinski definition) is 0. The minimum absolute atomic E-state index is 0. The molecule has 34 heavy (non-hydrogen) atoms. The van der Waals surface area contributed by atoms with Crippen LogP contribution in [0.25, 0.3) is 0 Å². The van der Waals surface area contributed by atoms with E-state index in [4.69, 9.17) is 99.0 Å². The monoisotopic (exact) mass is 664 g/mol. The maximum absolute atomic E-state index is 8.93. The van der Waals surface area contributed by atoms with E-state index in [9.17, 15) is 0 Å². The van der Waals surface area contributed by atoms with Gasteiger partial charge >= 0.3 is 68.3 Å². The average Bonchev–Trinajstić information content (AvgIpc) is 2.56. The van der Waals surface area contributed by atoms with Gasteiger partial charge in [-0.2, -0.15) is 0 Å². The standard InChI is InChI=1S/5C2H2O4.4Fe/c5*3-1(4)2(5)6;;;;/h5*(H,3,4)(H,5,6);;;;/q;;;;;2*+2;2*+3/p-10. The maximum Gasteiger partial charge on any atom is 3.00 e. The predicted molar refractivity (Wildman–Crippen MR) is 50.1 cm³/mol. The zero-order chi connectivity index (χ0) is 25.8. The number of rotatable bonds is 0. The number of carboxylic acid groups (broad SMARTS) is 10. The first kappa shape index (κ1) is 57.5. The summed E-state index contributed by atoms with van der Waals surface area (Å²) in [5, 5.41) is 89.3. The van der Waals surface area contributed by atoms with Crippen molar-refractivity contribution in [2.75, 3.05) is 0 Å². The maximum atomic E-state index is 8.93. The smallest absolute Gasteiger partial charge is 0.543 e. The van der Waals surface area contributed by atoms with Gasteiger partial charge in [-0.25, -0.2) is 0 Å². The molecule has 0 aromatic carbocycles. The molecule has 0 N–H and O–H groups in total. The summed E-state index contributed by atoms with van der Waals surface area (Å²) >= 11 is 0. The van der Waals surface area contributed by atoms with Crippen LogP contribution < -0.4 is 51.1 Å². The fourth-order valence-corrected chi connectivity index (χ4v) is 0. The van der Waals surface area contributed by atoms with Crippen LogP contribution in [-0.2, 0) is 116 Å². The first-order chi connectivity index (χ1) is 13.2. The number of aliphatic carboxylic acids is 10. The van der Waals surface area contributed by atoms with Gasteiger partial charge in [0.05, 0.1) is 59.7 Å². The molecular formula is C10Fe4O20. The number of carboxylic acids is 10. The quantitative estimate of drug-likeness (QED) is 0.171. The second-order valence-electron chi connectivity index (χ2n) is 2.87. The number of carbonyl (C=O) groups excluding carboxylic acids is 10. The Bertz CT molecular complexity index is 515. The molecule has 0 aromatic rings. The van der Waals surface area contributed by atoms with Crippen LogP contribution in [-0.4, -0.2) is 59.7 Å². The molecule has 0 heterocycles. The van der Waals surface area contributed by atoms with Crippen molar-refractivity contribution in [1.29, 1.82) is 0 Å². The van der Waals surface area contributed by atoms with E-state index in [1.165, 1.54) is 0 Å². The van der Waals surface area contributed by atoms with Crippen molar-refractivity contribution in [2.45, 2.75) is 0 Å². The fraction of sp³-hybridized carbons (Fsp3) is 0. The Morgan fingerprint density at radius 1 is 0.235 bits per heavy atom. The van der Waals surface area contributed by atoms with E-state index in [0.29, 0.717) is 0 Å². The zero-order valence-corrected chi connectivity index (χ0v) is 19.0. The largest absolute Gasteiger partial charge is 3.00 e. The van der Waals surface area contributed by atoms with Crippen LogP contribution in [0.5, 0.6) is 0 Å². The van der Waals surface area contributed by atoms with Crippen molar-refractivity contribution in [3.63, 3.8) is 0 Å². The molecule has 0 amide bonds. The van der Waals surface area contributed by atoms with Gasteiger partial charge in [-0.3, -0.25) is 0 Å². The summed E-state index contributed by atoms with van der Waals surface area (Å²) in [4.78, 5) is 89.3. The normalized spacial score (nSPS) is 6.47. The molecule has 0 bridgehead atoms. The van der Waals surface area contributed by atoms with Gasteiger partial charge in [-0.15, -0.1) is 0 Å². The van der Waals surface area contributed by atoms with Crippen molar-refractivity contribution in [3.8, 4) is 0 Å². The van der Waals surface area contributed by atoms with Gasteiger partial charge in [-0.1, -0.05) is 0 Å². The van der Waals surface area contributed by atoms with Gasteiger partial charge in [0.25, 0.3) is 0 Å². The molecule has 0 atom stereocenters. The Labute approximate surface area is 226 Å². The molecule has 0 aliphatic heterocycles. The SMILES string of the molecule is O=C([O-])C(=O)[O-].O=C([O-])C(=O)[O-].O=C([O-])C(=O)[O-].O=C([O-])C(=O)[O-].O=C([O-])C(=O)[O-].[Fe+2].[Fe+2].[Fe+3].[Fe+3]. The predicted octanol–water partition coefficient (Wildman–Crippen LogP) is -17.6. The summed E-state index contributed by atoms with van der Waals surface area (Å²) in [7, 11) is 0. The molecule has 0 saturated heterocycles. The van der Waals surface area contributed by atoms with Gasteiger partial charge in [-0.05, 0) is 0 Å². The van der Waals surface area contributed by atoms with Gasteiger partial charge in [0.2, 0.25) is 0 Å². The van der Waals surface area contributed by atoms with Crippen LogP contribution in [0.15, 0.2) is 0 Å². The summed E-state index contributed by atoms with van der Waals surface area (Å²) in [6.07, 6.45) is 0. The third kappa shape index (κ3) is 78.9. The molecule has 0 unspecified atom stereocenters. The minimum Gasteiger partial charge on any atom is -0.543 e. The Morgan fingerprint density at radius 2 is 0.265 bits per heavy atom. The van der Waals surface area contributed by atoms with Crippen molar-refractivity contribution in [3.05, 3.63) is 0 Å². The fourth-order valence-electron chi connectivity index (χ4n) is 0. The summed E-state index contributed by atoms with van der Waals surface area (Å²) in [5.41, 5.74) is 0. The molecule has 0 aliphatic rings. The topological polar surface area (TPSA) is 401 Å². The van der Waals surface area contributed by atoms with Crippen molar-refractivity contribution in [1.82, 2.24) is 0 Å². The molecule has 0 spiro atoms. The van der Waals surface area contributed by atoms with E-state index in [0.717, 1.165) is 0 Å². The van der Waals surface area contributed by atoms with Crippen molar-refractivity contribution < 1.29 is 167 Å². The van der Waals surface area contributed by atoms with E-state index in [1.54, 1.807) is 0 Å². The van der Waals surface area contributed by atoms with Gasteiger partial charge in [0, 0.05) is 0 Å². The summed E-state index contributed by atoms with van der Waals surface area (Å²) < 4.78 is 0. The minimum atomic E-state index is -2.19. The molecule has 24 heteroatoms. The van der Waals surface area contributed by atoms with E-state index in [-0.39, 0.29) is 68.3 Å². The first-order valence-electron chi connectivity index (χ1n) is 5.33. The average molecular weight is 663 g/mol. The van der Waals surface area contributed by atoms with Crippen LogP contribution in [0.4, 0.5) is 0 Å². The number of hydrogen-bond acceptors (Lipinski definition) is 20. The molecule has 0 aromatic heterocycles. The van der Waals surface area contributed by atoms with Gasteiger partial charge in [0.1, 0.15) is 0 Å². The van der Waals surface area contributed by atoms with Crippen LogP contribution in [0, 0.1) is 0 Å².